The lowest BCUT2D eigenvalue weighted by Gasteiger charge is -2.23. The van der Waals surface area contributed by atoms with Crippen LogP contribution < -0.4 is 5.32 Å². The van der Waals surface area contributed by atoms with Crippen LogP contribution in [0.2, 0.25) is 0 Å². The van der Waals surface area contributed by atoms with Crippen LogP contribution in [0.3, 0.4) is 0 Å². The van der Waals surface area contributed by atoms with Crippen LogP contribution in [0.15, 0.2) is 6.20 Å². The van der Waals surface area contributed by atoms with Gasteiger partial charge in [0.15, 0.2) is 5.69 Å². The van der Waals surface area contributed by atoms with Gasteiger partial charge in [-0.25, -0.2) is 9.48 Å². The van der Waals surface area contributed by atoms with E-state index in [-0.39, 0.29) is 11.8 Å². The monoisotopic (exact) mass is 212 g/mol. The Morgan fingerprint density at radius 3 is 3.27 bits per heavy atom. The Kier molecular flexibility index (Phi) is 2.93. The van der Waals surface area contributed by atoms with Crippen LogP contribution in [0.1, 0.15) is 10.5 Å². The smallest absolute Gasteiger partial charge is 0.358 e. The molecule has 1 aromatic rings. The van der Waals surface area contributed by atoms with Crippen molar-refractivity contribution in [2.45, 2.75) is 12.6 Å². The maximum absolute atomic E-state index is 10.5. The molecule has 1 atom stereocenters. The summed E-state index contributed by atoms with van der Waals surface area (Å²) in [4.78, 5) is 10.5. The molecular formula is C8H12N4O3. The van der Waals surface area contributed by atoms with Gasteiger partial charge in [-0.3, -0.25) is 0 Å². The average molecular weight is 212 g/mol. The SMILES string of the molecule is O=C(O)c1cn(CC2CNCCO2)nn1. The van der Waals surface area contributed by atoms with Crippen molar-refractivity contribution < 1.29 is 14.6 Å². The first-order valence-corrected chi connectivity index (χ1v) is 4.71. The molecule has 2 heterocycles. The molecule has 0 radical (unpaired) electrons. The third-order valence-electron chi connectivity index (χ3n) is 2.15. The Balaban J connectivity index is 1.94. The van der Waals surface area contributed by atoms with E-state index in [1.54, 1.807) is 0 Å². The second kappa shape index (κ2) is 4.37. The Hall–Kier alpha value is -1.47. The molecular weight excluding hydrogens is 200 g/mol. The number of carboxylic acid groups (broad SMARTS) is 1. The predicted octanol–water partition coefficient (Wildman–Crippen LogP) is -1.04. The molecule has 1 unspecified atom stereocenters. The van der Waals surface area contributed by atoms with Crippen molar-refractivity contribution in [3.8, 4) is 0 Å². The number of nitrogens with one attached hydrogen (secondary N) is 1. The predicted molar refractivity (Wildman–Crippen MR) is 49.6 cm³/mol. The summed E-state index contributed by atoms with van der Waals surface area (Å²) in [7, 11) is 0. The van der Waals surface area contributed by atoms with Crippen LogP contribution in [0, 0.1) is 0 Å². The minimum atomic E-state index is -1.07. The second-order valence-corrected chi connectivity index (χ2v) is 3.33. The van der Waals surface area contributed by atoms with Crippen molar-refractivity contribution >= 4 is 5.97 Å². The van der Waals surface area contributed by atoms with E-state index >= 15 is 0 Å². The maximum Gasteiger partial charge on any atom is 0.358 e. The normalized spacial score (nSPS) is 21.5. The lowest BCUT2D eigenvalue weighted by molar-refractivity contribution is 0.0158. The molecule has 0 amide bonds. The molecule has 15 heavy (non-hydrogen) atoms. The number of carbonyl (C=O) groups is 1. The Morgan fingerprint density at radius 1 is 1.80 bits per heavy atom. The number of ether oxygens (including phenoxy) is 1. The van der Waals surface area contributed by atoms with Crippen molar-refractivity contribution in [2.24, 2.45) is 0 Å². The summed E-state index contributed by atoms with van der Waals surface area (Å²) in [6.07, 6.45) is 1.43. The third-order valence-corrected chi connectivity index (χ3v) is 2.15. The molecule has 0 aliphatic carbocycles. The molecule has 1 aromatic heterocycles. The lowest BCUT2D eigenvalue weighted by atomic mass is 10.3. The van der Waals surface area contributed by atoms with Crippen molar-refractivity contribution in [3.63, 3.8) is 0 Å². The Labute approximate surface area is 86.0 Å². The molecule has 1 aliphatic heterocycles. The zero-order valence-corrected chi connectivity index (χ0v) is 8.09. The second-order valence-electron chi connectivity index (χ2n) is 3.33. The van der Waals surface area contributed by atoms with Gasteiger partial charge in [-0.15, -0.1) is 5.10 Å². The van der Waals surface area contributed by atoms with Gasteiger partial charge in [0, 0.05) is 13.1 Å². The zero-order valence-electron chi connectivity index (χ0n) is 8.09. The van der Waals surface area contributed by atoms with E-state index in [2.05, 4.69) is 15.6 Å². The highest BCUT2D eigenvalue weighted by Gasteiger charge is 2.16. The quantitative estimate of drug-likeness (QED) is 0.665. The molecule has 1 fully saturated rings. The van der Waals surface area contributed by atoms with Crippen LogP contribution in [0.5, 0.6) is 0 Å². The fourth-order valence-corrected chi connectivity index (χ4v) is 1.43. The highest BCUT2D eigenvalue weighted by molar-refractivity contribution is 5.84. The highest BCUT2D eigenvalue weighted by atomic mass is 16.5. The average Bonchev–Trinajstić information content (AvgIpc) is 2.68. The van der Waals surface area contributed by atoms with Gasteiger partial charge in [-0.05, 0) is 0 Å². The minimum Gasteiger partial charge on any atom is -0.476 e. The summed E-state index contributed by atoms with van der Waals surface area (Å²) < 4.78 is 6.94. The Morgan fingerprint density at radius 2 is 2.67 bits per heavy atom. The number of rotatable bonds is 3. The first-order valence-electron chi connectivity index (χ1n) is 4.71. The van der Waals surface area contributed by atoms with Gasteiger partial charge in [0.05, 0.1) is 25.5 Å². The summed E-state index contributed by atoms with van der Waals surface area (Å²) in [6.45, 7) is 2.80. The number of nitrogens with zero attached hydrogens (tertiary/aromatic N) is 3. The topological polar surface area (TPSA) is 89.3 Å². The van der Waals surface area contributed by atoms with E-state index in [1.807, 2.05) is 0 Å². The number of hydrogen-bond donors (Lipinski definition) is 2. The fraction of sp³-hybridized carbons (Fsp3) is 0.625. The standard InChI is InChI=1S/C8H12N4O3/c13-8(14)7-5-12(11-10-7)4-6-3-9-1-2-15-6/h5-6,9H,1-4H2,(H,13,14). The van der Waals surface area contributed by atoms with Gasteiger partial charge in [0.2, 0.25) is 0 Å². The van der Waals surface area contributed by atoms with Gasteiger partial charge in [0.1, 0.15) is 0 Å². The first-order chi connectivity index (χ1) is 7.25. The molecule has 0 spiro atoms. The Bertz CT molecular complexity index is 345. The van der Waals surface area contributed by atoms with E-state index in [4.69, 9.17) is 9.84 Å². The number of aromatic carboxylic acids is 1. The van der Waals surface area contributed by atoms with Crippen LogP contribution in [0.25, 0.3) is 0 Å². The lowest BCUT2D eigenvalue weighted by Crippen LogP contribution is -2.40. The van der Waals surface area contributed by atoms with Crippen molar-refractivity contribution in [1.29, 1.82) is 0 Å². The van der Waals surface area contributed by atoms with Crippen molar-refractivity contribution in [2.75, 3.05) is 19.7 Å². The molecule has 1 aliphatic rings. The number of aromatic nitrogens is 3. The third kappa shape index (κ3) is 2.51. The van der Waals surface area contributed by atoms with Gasteiger partial charge < -0.3 is 15.2 Å². The minimum absolute atomic E-state index is 0.0297. The summed E-state index contributed by atoms with van der Waals surface area (Å²) in [5.41, 5.74) is -0.0428. The molecule has 0 aromatic carbocycles. The highest BCUT2D eigenvalue weighted by Crippen LogP contribution is 2.00. The number of morpholine rings is 1. The molecule has 2 rings (SSSR count). The largest absolute Gasteiger partial charge is 0.476 e. The molecule has 82 valence electrons. The van der Waals surface area contributed by atoms with Crippen LogP contribution >= 0.6 is 0 Å². The van der Waals surface area contributed by atoms with E-state index in [0.717, 1.165) is 13.1 Å². The van der Waals surface area contributed by atoms with Crippen molar-refractivity contribution in [1.82, 2.24) is 20.3 Å². The number of carboxylic acids is 1. The van der Waals surface area contributed by atoms with E-state index < -0.39 is 5.97 Å². The maximum atomic E-state index is 10.5. The number of hydrogen-bond acceptors (Lipinski definition) is 5. The summed E-state index contributed by atoms with van der Waals surface area (Å²) >= 11 is 0. The van der Waals surface area contributed by atoms with Crippen molar-refractivity contribution in [3.05, 3.63) is 11.9 Å². The van der Waals surface area contributed by atoms with Crippen LogP contribution in [0.4, 0.5) is 0 Å². The summed E-state index contributed by atoms with van der Waals surface area (Å²) in [6, 6.07) is 0. The van der Waals surface area contributed by atoms with Gasteiger partial charge >= 0.3 is 5.97 Å². The summed E-state index contributed by atoms with van der Waals surface area (Å²) in [5, 5.41) is 19.1. The fourth-order valence-electron chi connectivity index (χ4n) is 1.43. The van der Waals surface area contributed by atoms with Gasteiger partial charge in [-0.1, -0.05) is 5.21 Å². The zero-order chi connectivity index (χ0) is 10.7. The molecule has 7 heteroatoms. The van der Waals surface area contributed by atoms with E-state index in [1.165, 1.54) is 10.9 Å². The molecule has 7 nitrogen and oxygen atoms in total. The molecule has 2 N–H and O–H groups in total. The van der Waals surface area contributed by atoms with Gasteiger partial charge in [-0.2, -0.15) is 0 Å². The molecule has 0 saturated carbocycles. The van der Waals surface area contributed by atoms with Crippen LogP contribution in [-0.2, 0) is 11.3 Å². The molecule has 0 bridgehead atoms. The first kappa shape index (κ1) is 10.1. The molecule has 1 saturated heterocycles. The van der Waals surface area contributed by atoms with Crippen LogP contribution in [-0.4, -0.2) is 51.9 Å². The van der Waals surface area contributed by atoms with E-state index in [0.29, 0.717) is 13.2 Å². The summed E-state index contributed by atoms with van der Waals surface area (Å²) in [5.74, 6) is -1.07. The van der Waals surface area contributed by atoms with Gasteiger partial charge in [0.25, 0.3) is 0 Å². The van der Waals surface area contributed by atoms with E-state index in [9.17, 15) is 4.79 Å².